The minimum atomic E-state index is -4.19. The van der Waals surface area contributed by atoms with E-state index in [9.17, 15) is 30.4 Å². The highest BCUT2D eigenvalue weighted by molar-refractivity contribution is 7.90. The molecule has 2 aliphatic rings. The van der Waals surface area contributed by atoms with E-state index in [0.29, 0.717) is 11.6 Å². The van der Waals surface area contributed by atoms with Crippen molar-refractivity contribution >= 4 is 31.8 Å². The van der Waals surface area contributed by atoms with Crippen LogP contribution in [-0.4, -0.2) is 70.0 Å². The lowest BCUT2D eigenvalue weighted by molar-refractivity contribution is -0.133. The van der Waals surface area contributed by atoms with Crippen molar-refractivity contribution in [2.45, 2.75) is 22.8 Å². The second-order valence-corrected chi connectivity index (χ2v) is 11.1. The second kappa shape index (κ2) is 8.47. The monoisotopic (exact) mass is 498 g/mol. The molecule has 1 atom stereocenters. The molecule has 2 aromatic rings. The number of carbonyl (C=O) groups is 1. The molecule has 2 aromatic carbocycles. The molecule has 0 unspecified atom stereocenters. The second-order valence-electron chi connectivity index (χ2n) is 7.56. The van der Waals surface area contributed by atoms with Crippen molar-refractivity contribution in [3.05, 3.63) is 59.7 Å². The Bertz CT molecular complexity index is 1350. The lowest BCUT2D eigenvalue weighted by Crippen LogP contribution is -2.52. The quantitative estimate of drug-likeness (QED) is 0.673. The van der Waals surface area contributed by atoms with Gasteiger partial charge in [0.1, 0.15) is 28.4 Å². The van der Waals surface area contributed by atoms with Crippen molar-refractivity contribution < 1.29 is 30.4 Å². The normalized spacial score (nSPS) is 20.3. The van der Waals surface area contributed by atoms with E-state index < -0.39 is 48.5 Å². The third kappa shape index (κ3) is 4.35. The minimum absolute atomic E-state index is 0.0401. The summed E-state index contributed by atoms with van der Waals surface area (Å²) in [6.07, 6.45) is 0. The Morgan fingerprint density at radius 3 is 2.42 bits per heavy atom. The van der Waals surface area contributed by atoms with E-state index in [1.807, 2.05) is 0 Å². The summed E-state index contributed by atoms with van der Waals surface area (Å²) in [5.41, 5.74) is 0.370. The van der Waals surface area contributed by atoms with Crippen LogP contribution >= 0.6 is 0 Å². The lowest BCUT2D eigenvalue weighted by atomic mass is 10.2. The zero-order valence-corrected chi connectivity index (χ0v) is 19.0. The molecule has 0 bridgehead atoms. The Labute approximate surface area is 189 Å². The first kappa shape index (κ1) is 23.3. The van der Waals surface area contributed by atoms with E-state index in [1.54, 1.807) is 18.2 Å². The summed E-state index contributed by atoms with van der Waals surface area (Å²) in [7, 11) is -7.93. The number of halogens is 2. The topological polar surface area (TPSA) is 116 Å². The van der Waals surface area contributed by atoms with E-state index in [2.05, 4.69) is 9.71 Å². The number of nitrogens with zero attached hydrogens (tertiary/aromatic N) is 3. The van der Waals surface area contributed by atoms with Gasteiger partial charge in [-0.3, -0.25) is 14.5 Å². The maximum atomic E-state index is 14.0. The standard InChI is InChI=1S/C20H20F2N4O5S2/c1-13(23-19-15-4-2-3-5-17(15)32(28,29)24-19)20(27)25-8-10-26(11-9-25)33(30,31)18-7-6-14(21)12-16(18)22/h2-7,12-13H,8-11H2,1H3,(H,23,24)/t13-/m0/s1. The summed E-state index contributed by atoms with van der Waals surface area (Å²) < 4.78 is 80.3. The molecular weight excluding hydrogens is 478 g/mol. The van der Waals surface area contributed by atoms with Gasteiger partial charge in [0.15, 0.2) is 0 Å². The van der Waals surface area contributed by atoms with Crippen molar-refractivity contribution in [2.24, 2.45) is 4.99 Å². The number of carbonyl (C=O) groups excluding carboxylic acids is 1. The van der Waals surface area contributed by atoms with Gasteiger partial charge in [0.05, 0.1) is 4.90 Å². The van der Waals surface area contributed by atoms with Gasteiger partial charge < -0.3 is 4.90 Å². The molecule has 4 rings (SSSR count). The summed E-state index contributed by atoms with van der Waals surface area (Å²) in [6.45, 7) is 1.44. The van der Waals surface area contributed by atoms with Gasteiger partial charge in [-0.2, -0.15) is 4.31 Å². The van der Waals surface area contributed by atoms with Gasteiger partial charge in [-0.1, -0.05) is 12.1 Å². The SMILES string of the molecule is C[C@H](N=C1NS(=O)(=O)c2ccccc21)C(=O)N1CCN(S(=O)(=O)c2ccc(F)cc2F)CC1. The van der Waals surface area contributed by atoms with Gasteiger partial charge in [-0.05, 0) is 31.2 Å². The molecule has 1 fully saturated rings. The number of piperazine rings is 1. The van der Waals surface area contributed by atoms with E-state index in [4.69, 9.17) is 0 Å². The number of amidine groups is 1. The Morgan fingerprint density at radius 1 is 1.09 bits per heavy atom. The molecule has 0 saturated carbocycles. The van der Waals surface area contributed by atoms with Gasteiger partial charge in [-0.15, -0.1) is 0 Å². The van der Waals surface area contributed by atoms with Crippen LogP contribution in [-0.2, 0) is 24.8 Å². The van der Waals surface area contributed by atoms with Crippen LogP contribution in [0.3, 0.4) is 0 Å². The number of amides is 1. The van der Waals surface area contributed by atoms with Crippen molar-refractivity contribution in [1.82, 2.24) is 13.9 Å². The Hall–Kier alpha value is -2.90. The first-order chi connectivity index (χ1) is 15.5. The molecule has 0 radical (unpaired) electrons. The number of nitrogens with one attached hydrogen (secondary N) is 1. The van der Waals surface area contributed by atoms with Crippen LogP contribution in [0.2, 0.25) is 0 Å². The third-order valence-corrected chi connectivity index (χ3v) is 8.73. The molecule has 33 heavy (non-hydrogen) atoms. The van der Waals surface area contributed by atoms with Crippen molar-refractivity contribution in [3.8, 4) is 0 Å². The summed E-state index contributed by atoms with van der Waals surface area (Å²) in [5, 5.41) is 0. The first-order valence-electron chi connectivity index (χ1n) is 9.95. The zero-order valence-electron chi connectivity index (χ0n) is 17.4. The number of rotatable bonds is 4. The van der Waals surface area contributed by atoms with Crippen molar-refractivity contribution in [1.29, 1.82) is 0 Å². The van der Waals surface area contributed by atoms with Gasteiger partial charge >= 0.3 is 0 Å². The Balaban J connectivity index is 1.45. The average molecular weight is 499 g/mol. The van der Waals surface area contributed by atoms with Gasteiger partial charge in [-0.25, -0.2) is 25.6 Å². The fraction of sp³-hybridized carbons (Fsp3) is 0.300. The van der Waals surface area contributed by atoms with Crippen LogP contribution in [0.4, 0.5) is 8.78 Å². The van der Waals surface area contributed by atoms with E-state index in [-0.39, 0.29) is 36.9 Å². The highest BCUT2D eigenvalue weighted by atomic mass is 32.2. The predicted molar refractivity (Wildman–Crippen MR) is 114 cm³/mol. The number of hydrogen-bond acceptors (Lipinski definition) is 6. The van der Waals surface area contributed by atoms with Crippen LogP contribution in [0.15, 0.2) is 57.2 Å². The van der Waals surface area contributed by atoms with Crippen LogP contribution in [0.5, 0.6) is 0 Å². The largest absolute Gasteiger partial charge is 0.338 e. The molecule has 2 aliphatic heterocycles. The van der Waals surface area contributed by atoms with Crippen LogP contribution in [0.1, 0.15) is 12.5 Å². The van der Waals surface area contributed by atoms with Gasteiger partial charge in [0, 0.05) is 37.8 Å². The molecule has 1 N–H and O–H groups in total. The summed E-state index contributed by atoms with van der Waals surface area (Å²) >= 11 is 0. The molecule has 0 aromatic heterocycles. The lowest BCUT2D eigenvalue weighted by Gasteiger charge is -2.34. The molecule has 1 saturated heterocycles. The number of hydrogen-bond donors (Lipinski definition) is 1. The van der Waals surface area contributed by atoms with Gasteiger partial charge in [0.25, 0.3) is 10.0 Å². The Kier molecular flexibility index (Phi) is 5.97. The number of benzene rings is 2. The predicted octanol–water partition coefficient (Wildman–Crippen LogP) is 0.925. The van der Waals surface area contributed by atoms with E-state index >= 15 is 0 Å². The number of fused-ring (bicyclic) bond motifs is 1. The molecule has 13 heteroatoms. The van der Waals surface area contributed by atoms with Crippen molar-refractivity contribution in [3.63, 3.8) is 0 Å². The van der Waals surface area contributed by atoms with E-state index in [1.165, 1.54) is 17.9 Å². The number of sulfonamides is 2. The maximum Gasteiger partial charge on any atom is 0.263 e. The molecule has 176 valence electrons. The van der Waals surface area contributed by atoms with Crippen LogP contribution in [0, 0.1) is 11.6 Å². The smallest absolute Gasteiger partial charge is 0.263 e. The van der Waals surface area contributed by atoms with Crippen LogP contribution < -0.4 is 4.72 Å². The zero-order chi connectivity index (χ0) is 24.0. The molecule has 0 aliphatic carbocycles. The summed E-state index contributed by atoms with van der Waals surface area (Å²) in [5.74, 6) is -2.41. The fourth-order valence-corrected chi connectivity index (χ4v) is 6.42. The van der Waals surface area contributed by atoms with Crippen LogP contribution in [0.25, 0.3) is 0 Å². The highest BCUT2D eigenvalue weighted by Gasteiger charge is 2.35. The molecule has 1 amide bonds. The number of aliphatic imine (C=N–C) groups is 1. The average Bonchev–Trinajstić information content (AvgIpc) is 3.03. The van der Waals surface area contributed by atoms with Gasteiger partial charge in [0.2, 0.25) is 15.9 Å². The third-order valence-electron chi connectivity index (χ3n) is 5.40. The first-order valence-corrected chi connectivity index (χ1v) is 12.9. The molecule has 2 heterocycles. The molecule has 9 nitrogen and oxygen atoms in total. The van der Waals surface area contributed by atoms with E-state index in [0.717, 1.165) is 16.4 Å². The Morgan fingerprint density at radius 2 is 1.76 bits per heavy atom. The highest BCUT2D eigenvalue weighted by Crippen LogP contribution is 2.24. The molecule has 0 spiro atoms. The van der Waals surface area contributed by atoms with Crippen molar-refractivity contribution in [2.75, 3.05) is 26.2 Å². The maximum absolute atomic E-state index is 14.0. The summed E-state index contributed by atoms with van der Waals surface area (Å²) in [6, 6.07) is 7.59. The summed E-state index contributed by atoms with van der Waals surface area (Å²) in [4.78, 5) is 18.0. The molecular formula is C20H20F2N4O5S2. The fourth-order valence-electron chi connectivity index (χ4n) is 3.72. The minimum Gasteiger partial charge on any atom is -0.338 e.